The van der Waals surface area contributed by atoms with Crippen LogP contribution in [0.15, 0.2) is 23.8 Å². The molecule has 1 aliphatic rings. The lowest BCUT2D eigenvalue weighted by Crippen LogP contribution is -2.13. The number of halogens is 2. The number of rotatable bonds is 1. The smallest absolute Gasteiger partial charge is 0.164 e. The molecule has 0 saturated carbocycles. The summed E-state index contributed by atoms with van der Waals surface area (Å²) in [5.74, 6) is -1.62. The molecule has 1 aliphatic carbocycles. The van der Waals surface area contributed by atoms with Crippen LogP contribution < -0.4 is 0 Å². The molecule has 1 unspecified atom stereocenters. The van der Waals surface area contributed by atoms with Crippen molar-refractivity contribution in [3.8, 4) is 0 Å². The number of hydrogen-bond donors (Lipinski definition) is 0. The second kappa shape index (κ2) is 2.92. The minimum Gasteiger partial charge on any atom is -0.374 e. The van der Waals surface area contributed by atoms with Gasteiger partial charge in [0.1, 0.15) is 6.10 Å². The van der Waals surface area contributed by atoms with Crippen molar-refractivity contribution < 1.29 is 13.5 Å². The number of methoxy groups -OCH3 is 1. The van der Waals surface area contributed by atoms with Gasteiger partial charge in [0.15, 0.2) is 11.7 Å². The van der Waals surface area contributed by atoms with E-state index in [0.29, 0.717) is 6.42 Å². The first kappa shape index (κ1) is 7.41. The van der Waals surface area contributed by atoms with Crippen molar-refractivity contribution in [2.75, 3.05) is 7.11 Å². The molecule has 0 radical (unpaired) electrons. The molecular formula is C7H8F2O. The summed E-state index contributed by atoms with van der Waals surface area (Å²) in [6.45, 7) is 0. The predicted octanol–water partition coefficient (Wildman–Crippen LogP) is 2.11. The van der Waals surface area contributed by atoms with E-state index in [0.717, 1.165) is 6.08 Å². The van der Waals surface area contributed by atoms with Gasteiger partial charge >= 0.3 is 0 Å². The molecule has 0 spiro atoms. The third kappa shape index (κ3) is 1.24. The van der Waals surface area contributed by atoms with Crippen LogP contribution in [0.5, 0.6) is 0 Å². The van der Waals surface area contributed by atoms with E-state index in [9.17, 15) is 8.78 Å². The fourth-order valence-corrected chi connectivity index (χ4v) is 0.832. The maximum atomic E-state index is 12.6. The van der Waals surface area contributed by atoms with Crippen LogP contribution in [-0.2, 0) is 4.74 Å². The number of hydrogen-bond acceptors (Lipinski definition) is 1. The van der Waals surface area contributed by atoms with Crippen molar-refractivity contribution in [1.82, 2.24) is 0 Å². The van der Waals surface area contributed by atoms with Crippen molar-refractivity contribution in [1.29, 1.82) is 0 Å². The Hall–Kier alpha value is -0.700. The van der Waals surface area contributed by atoms with Gasteiger partial charge in [-0.15, -0.1) is 0 Å². The standard InChI is InChI=1S/C7H8F2O/c1-10-6-4-2-3-5(8)7(6)9/h2-3,6H,4H2,1H3. The van der Waals surface area contributed by atoms with Crippen LogP contribution in [0.2, 0.25) is 0 Å². The van der Waals surface area contributed by atoms with Crippen molar-refractivity contribution in [3.05, 3.63) is 23.8 Å². The molecule has 3 heteroatoms. The Morgan fingerprint density at radius 2 is 2.30 bits per heavy atom. The van der Waals surface area contributed by atoms with E-state index in [4.69, 9.17) is 0 Å². The Balaban J connectivity index is 2.77. The first-order valence-corrected chi connectivity index (χ1v) is 3.00. The fourth-order valence-electron chi connectivity index (χ4n) is 0.832. The molecule has 0 saturated heterocycles. The van der Waals surface area contributed by atoms with Crippen molar-refractivity contribution in [2.24, 2.45) is 0 Å². The van der Waals surface area contributed by atoms with E-state index < -0.39 is 17.8 Å². The van der Waals surface area contributed by atoms with Gasteiger partial charge < -0.3 is 4.74 Å². The molecule has 0 aromatic carbocycles. The summed E-state index contributed by atoms with van der Waals surface area (Å²) in [6.07, 6.45) is 2.36. The zero-order valence-electron chi connectivity index (χ0n) is 5.60. The molecule has 0 aliphatic heterocycles. The summed E-state index contributed by atoms with van der Waals surface area (Å²) in [7, 11) is 1.36. The van der Waals surface area contributed by atoms with E-state index in [1.54, 1.807) is 6.08 Å². The molecule has 1 atom stereocenters. The average molecular weight is 146 g/mol. The van der Waals surface area contributed by atoms with E-state index in [1.165, 1.54) is 7.11 Å². The lowest BCUT2D eigenvalue weighted by Gasteiger charge is -2.13. The third-order valence-corrected chi connectivity index (χ3v) is 1.41. The van der Waals surface area contributed by atoms with Crippen LogP contribution in [0.1, 0.15) is 6.42 Å². The van der Waals surface area contributed by atoms with Gasteiger partial charge in [0, 0.05) is 7.11 Å². The molecule has 0 fully saturated rings. The topological polar surface area (TPSA) is 9.23 Å². The van der Waals surface area contributed by atoms with Gasteiger partial charge in [-0.25, -0.2) is 8.78 Å². The molecule has 0 N–H and O–H groups in total. The van der Waals surface area contributed by atoms with E-state index in [2.05, 4.69) is 4.74 Å². The summed E-state index contributed by atoms with van der Waals surface area (Å²) in [6, 6.07) is 0. The van der Waals surface area contributed by atoms with Gasteiger partial charge in [-0.3, -0.25) is 0 Å². The molecule has 0 amide bonds. The van der Waals surface area contributed by atoms with Crippen LogP contribution in [0.4, 0.5) is 8.78 Å². The summed E-state index contributed by atoms with van der Waals surface area (Å²) in [4.78, 5) is 0. The monoisotopic (exact) mass is 146 g/mol. The summed E-state index contributed by atoms with van der Waals surface area (Å²) in [5.41, 5.74) is 0. The van der Waals surface area contributed by atoms with Gasteiger partial charge in [0.05, 0.1) is 0 Å². The Bertz CT molecular complexity index is 184. The lowest BCUT2D eigenvalue weighted by molar-refractivity contribution is 0.109. The van der Waals surface area contributed by atoms with Crippen molar-refractivity contribution in [3.63, 3.8) is 0 Å². The minimum atomic E-state index is -0.821. The second-order valence-electron chi connectivity index (χ2n) is 2.06. The number of ether oxygens (including phenoxy) is 1. The summed E-state index contributed by atoms with van der Waals surface area (Å²) in [5, 5.41) is 0. The highest BCUT2D eigenvalue weighted by Gasteiger charge is 2.19. The predicted molar refractivity (Wildman–Crippen MR) is 33.8 cm³/mol. The highest BCUT2D eigenvalue weighted by atomic mass is 19.2. The second-order valence-corrected chi connectivity index (χ2v) is 2.06. The van der Waals surface area contributed by atoms with Gasteiger partial charge in [-0.1, -0.05) is 6.08 Å². The minimum absolute atomic E-state index is 0.412. The molecule has 0 bridgehead atoms. The average Bonchev–Trinajstić information content (AvgIpc) is 1.95. The molecule has 10 heavy (non-hydrogen) atoms. The maximum absolute atomic E-state index is 12.6. The molecular weight excluding hydrogens is 138 g/mol. The van der Waals surface area contributed by atoms with Crippen LogP contribution >= 0.6 is 0 Å². The zero-order valence-corrected chi connectivity index (χ0v) is 5.60. The Morgan fingerprint density at radius 1 is 1.60 bits per heavy atom. The Labute approximate surface area is 58.0 Å². The van der Waals surface area contributed by atoms with Crippen LogP contribution in [0.3, 0.4) is 0 Å². The third-order valence-electron chi connectivity index (χ3n) is 1.41. The molecule has 0 aromatic rings. The molecule has 0 aromatic heterocycles. The zero-order chi connectivity index (χ0) is 7.56. The van der Waals surface area contributed by atoms with Crippen LogP contribution in [0.25, 0.3) is 0 Å². The van der Waals surface area contributed by atoms with Crippen molar-refractivity contribution in [2.45, 2.75) is 12.5 Å². The molecule has 1 rings (SSSR count). The quantitative estimate of drug-likeness (QED) is 0.550. The van der Waals surface area contributed by atoms with Crippen LogP contribution in [0, 0.1) is 0 Å². The van der Waals surface area contributed by atoms with E-state index in [1.807, 2.05) is 0 Å². The van der Waals surface area contributed by atoms with Gasteiger partial charge in [-0.2, -0.15) is 0 Å². The van der Waals surface area contributed by atoms with Gasteiger partial charge in [-0.05, 0) is 12.5 Å². The van der Waals surface area contributed by atoms with Gasteiger partial charge in [0.2, 0.25) is 0 Å². The van der Waals surface area contributed by atoms with Crippen molar-refractivity contribution >= 4 is 0 Å². The highest BCUT2D eigenvalue weighted by molar-refractivity contribution is 5.23. The fraction of sp³-hybridized carbons (Fsp3) is 0.429. The molecule has 56 valence electrons. The molecule has 0 heterocycles. The first-order chi connectivity index (χ1) is 4.75. The largest absolute Gasteiger partial charge is 0.374 e. The molecule has 1 nitrogen and oxygen atoms in total. The highest BCUT2D eigenvalue weighted by Crippen LogP contribution is 2.23. The Kier molecular flexibility index (Phi) is 2.17. The first-order valence-electron chi connectivity index (χ1n) is 3.00. The summed E-state index contributed by atoms with van der Waals surface area (Å²) >= 11 is 0. The van der Waals surface area contributed by atoms with Gasteiger partial charge in [0.25, 0.3) is 0 Å². The normalized spacial score (nSPS) is 25.7. The summed E-state index contributed by atoms with van der Waals surface area (Å²) < 4.78 is 29.6. The Morgan fingerprint density at radius 3 is 2.80 bits per heavy atom. The van der Waals surface area contributed by atoms with E-state index in [-0.39, 0.29) is 0 Å². The van der Waals surface area contributed by atoms with Crippen LogP contribution in [-0.4, -0.2) is 13.2 Å². The van der Waals surface area contributed by atoms with E-state index >= 15 is 0 Å². The lowest BCUT2D eigenvalue weighted by atomic mass is 10.1. The SMILES string of the molecule is COC1CC=CC(F)=C1F. The number of allylic oxidation sites excluding steroid dienone is 2. The maximum Gasteiger partial charge on any atom is 0.164 e.